The lowest BCUT2D eigenvalue weighted by molar-refractivity contribution is 0.121. The van der Waals surface area contributed by atoms with Gasteiger partial charge in [0.25, 0.3) is 0 Å². The Labute approximate surface area is 76.1 Å². The summed E-state index contributed by atoms with van der Waals surface area (Å²) >= 11 is 0. The van der Waals surface area contributed by atoms with Gasteiger partial charge in [-0.05, 0) is 36.5 Å². The third-order valence-electron chi connectivity index (χ3n) is 4.50. The van der Waals surface area contributed by atoms with Crippen LogP contribution in [0.25, 0.3) is 0 Å². The summed E-state index contributed by atoms with van der Waals surface area (Å²) in [6.45, 7) is 4.80. The predicted octanol–water partition coefficient (Wildman–Crippen LogP) is 3.92. The van der Waals surface area contributed by atoms with Gasteiger partial charge < -0.3 is 0 Å². The van der Waals surface area contributed by atoms with Crippen LogP contribution in [0.2, 0.25) is 0 Å². The summed E-state index contributed by atoms with van der Waals surface area (Å²) in [5, 5.41) is 0. The Bertz CT molecular complexity index is 196. The molecule has 2 aliphatic rings. The van der Waals surface area contributed by atoms with Gasteiger partial charge in [0, 0.05) is 0 Å². The fourth-order valence-corrected chi connectivity index (χ4v) is 3.27. The van der Waals surface area contributed by atoms with Crippen LogP contribution in [-0.4, -0.2) is 0 Å². The highest BCUT2D eigenvalue weighted by Gasteiger charge is 2.48. The molecule has 0 N–H and O–H groups in total. The van der Waals surface area contributed by atoms with E-state index in [2.05, 4.69) is 26.0 Å². The minimum atomic E-state index is 0.531. The molecule has 1 spiro atoms. The van der Waals surface area contributed by atoms with Gasteiger partial charge in [0.2, 0.25) is 0 Å². The normalized spacial score (nSPS) is 38.2. The maximum absolute atomic E-state index is 2.48. The molecule has 0 aromatic carbocycles. The highest BCUT2D eigenvalue weighted by molar-refractivity contribution is 5.16. The molecule has 12 heavy (non-hydrogen) atoms. The van der Waals surface area contributed by atoms with Crippen LogP contribution in [0.15, 0.2) is 12.2 Å². The zero-order valence-electron chi connectivity index (χ0n) is 8.40. The van der Waals surface area contributed by atoms with Crippen molar-refractivity contribution in [2.45, 2.75) is 52.4 Å². The van der Waals surface area contributed by atoms with E-state index >= 15 is 0 Å². The van der Waals surface area contributed by atoms with E-state index in [0.29, 0.717) is 10.8 Å². The highest BCUT2D eigenvalue weighted by atomic mass is 14.5. The average molecular weight is 164 g/mol. The standard InChI is InChI=1S/C12H20/c1-3-11(2)7-6-10-12(11)8-4-5-9-12/h6-7H,3-5,8-10H2,1-2H3. The van der Waals surface area contributed by atoms with Crippen molar-refractivity contribution in [3.8, 4) is 0 Å². The van der Waals surface area contributed by atoms with E-state index in [1.54, 1.807) is 0 Å². The topological polar surface area (TPSA) is 0 Å². The summed E-state index contributed by atoms with van der Waals surface area (Å²) in [4.78, 5) is 0. The van der Waals surface area contributed by atoms with Crippen molar-refractivity contribution in [2.24, 2.45) is 10.8 Å². The molecular weight excluding hydrogens is 144 g/mol. The number of allylic oxidation sites excluding steroid dienone is 2. The third-order valence-corrected chi connectivity index (χ3v) is 4.50. The quantitative estimate of drug-likeness (QED) is 0.515. The molecule has 0 saturated heterocycles. The second kappa shape index (κ2) is 2.61. The Morgan fingerprint density at radius 3 is 2.50 bits per heavy atom. The monoisotopic (exact) mass is 164 g/mol. The summed E-state index contributed by atoms with van der Waals surface area (Å²) in [7, 11) is 0. The van der Waals surface area contributed by atoms with E-state index in [0.717, 1.165) is 0 Å². The average Bonchev–Trinajstić information content (AvgIpc) is 2.64. The zero-order valence-corrected chi connectivity index (χ0v) is 8.40. The molecule has 0 amide bonds. The van der Waals surface area contributed by atoms with Crippen LogP contribution < -0.4 is 0 Å². The lowest BCUT2D eigenvalue weighted by Crippen LogP contribution is -2.32. The number of hydrogen-bond acceptors (Lipinski definition) is 0. The van der Waals surface area contributed by atoms with Crippen molar-refractivity contribution in [3.63, 3.8) is 0 Å². The lowest BCUT2D eigenvalue weighted by Gasteiger charge is -2.40. The second-order valence-electron chi connectivity index (χ2n) is 4.86. The maximum Gasteiger partial charge on any atom is -0.00898 e. The fourth-order valence-electron chi connectivity index (χ4n) is 3.27. The summed E-state index contributed by atoms with van der Waals surface area (Å²) in [6.07, 6.45) is 13.5. The van der Waals surface area contributed by atoms with E-state index in [1.807, 2.05) is 0 Å². The van der Waals surface area contributed by atoms with Crippen LogP contribution in [-0.2, 0) is 0 Å². The summed E-state index contributed by atoms with van der Waals surface area (Å²) in [5.74, 6) is 0. The van der Waals surface area contributed by atoms with Crippen molar-refractivity contribution in [1.82, 2.24) is 0 Å². The molecule has 1 atom stereocenters. The first kappa shape index (κ1) is 8.34. The molecule has 0 aromatic heterocycles. The predicted molar refractivity (Wildman–Crippen MR) is 53.1 cm³/mol. The van der Waals surface area contributed by atoms with Crippen molar-refractivity contribution in [2.75, 3.05) is 0 Å². The van der Waals surface area contributed by atoms with Gasteiger partial charge in [0.1, 0.15) is 0 Å². The lowest BCUT2D eigenvalue weighted by atomic mass is 9.64. The number of hydrogen-bond donors (Lipinski definition) is 0. The van der Waals surface area contributed by atoms with Gasteiger partial charge in [-0.25, -0.2) is 0 Å². The van der Waals surface area contributed by atoms with Gasteiger partial charge in [-0.1, -0.05) is 38.8 Å². The zero-order chi connectivity index (χ0) is 8.66. The molecule has 2 aliphatic carbocycles. The van der Waals surface area contributed by atoms with Crippen LogP contribution in [0, 0.1) is 10.8 Å². The minimum Gasteiger partial charge on any atom is -0.0874 e. The first-order valence-electron chi connectivity index (χ1n) is 5.40. The van der Waals surface area contributed by atoms with Gasteiger partial charge >= 0.3 is 0 Å². The van der Waals surface area contributed by atoms with Gasteiger partial charge in [-0.2, -0.15) is 0 Å². The van der Waals surface area contributed by atoms with E-state index in [9.17, 15) is 0 Å². The van der Waals surface area contributed by atoms with Crippen molar-refractivity contribution in [1.29, 1.82) is 0 Å². The highest BCUT2D eigenvalue weighted by Crippen LogP contribution is 2.59. The van der Waals surface area contributed by atoms with Crippen LogP contribution in [0.4, 0.5) is 0 Å². The van der Waals surface area contributed by atoms with Crippen molar-refractivity contribution in [3.05, 3.63) is 12.2 Å². The molecular formula is C12H20. The van der Waals surface area contributed by atoms with E-state index in [1.165, 1.54) is 38.5 Å². The first-order chi connectivity index (χ1) is 5.72. The summed E-state index contributed by atoms with van der Waals surface area (Å²) < 4.78 is 0. The minimum absolute atomic E-state index is 0.531. The van der Waals surface area contributed by atoms with Gasteiger partial charge in [0.05, 0.1) is 0 Å². The molecule has 0 heterocycles. The van der Waals surface area contributed by atoms with Gasteiger partial charge in [-0.3, -0.25) is 0 Å². The molecule has 0 aromatic rings. The van der Waals surface area contributed by atoms with Crippen molar-refractivity contribution < 1.29 is 0 Å². The molecule has 1 fully saturated rings. The Morgan fingerprint density at radius 1 is 1.25 bits per heavy atom. The van der Waals surface area contributed by atoms with Gasteiger partial charge in [-0.15, -0.1) is 0 Å². The van der Waals surface area contributed by atoms with Gasteiger partial charge in [0.15, 0.2) is 0 Å². The van der Waals surface area contributed by atoms with Crippen molar-refractivity contribution >= 4 is 0 Å². The molecule has 0 nitrogen and oxygen atoms in total. The molecule has 0 aliphatic heterocycles. The van der Waals surface area contributed by atoms with E-state index < -0.39 is 0 Å². The maximum atomic E-state index is 2.48. The molecule has 1 unspecified atom stereocenters. The summed E-state index contributed by atoms with van der Waals surface area (Å²) in [6, 6.07) is 0. The van der Waals surface area contributed by atoms with Crippen LogP contribution in [0.3, 0.4) is 0 Å². The largest absolute Gasteiger partial charge is 0.0874 e. The van der Waals surface area contributed by atoms with E-state index in [-0.39, 0.29) is 0 Å². The molecule has 0 bridgehead atoms. The fraction of sp³-hybridized carbons (Fsp3) is 0.833. The van der Waals surface area contributed by atoms with Crippen LogP contribution >= 0.6 is 0 Å². The Hall–Kier alpha value is -0.260. The van der Waals surface area contributed by atoms with E-state index in [4.69, 9.17) is 0 Å². The Kier molecular flexibility index (Phi) is 1.82. The molecule has 0 radical (unpaired) electrons. The van der Waals surface area contributed by atoms with Crippen LogP contribution in [0.1, 0.15) is 52.4 Å². The molecule has 1 saturated carbocycles. The van der Waals surface area contributed by atoms with Crippen LogP contribution in [0.5, 0.6) is 0 Å². The third kappa shape index (κ3) is 0.901. The Balaban J connectivity index is 2.26. The first-order valence-corrected chi connectivity index (χ1v) is 5.40. The molecule has 0 heteroatoms. The number of rotatable bonds is 1. The summed E-state index contributed by atoms with van der Waals surface area (Å²) in [5.41, 5.74) is 1.21. The molecule has 2 rings (SSSR count). The second-order valence-corrected chi connectivity index (χ2v) is 4.86. The smallest absolute Gasteiger partial charge is 0.00898 e. The SMILES string of the molecule is CCC1(C)C=CCC12CCCC2. The Morgan fingerprint density at radius 2 is 1.92 bits per heavy atom. The molecule has 68 valence electrons.